The molecule has 0 aliphatic carbocycles. The molecule has 0 aliphatic rings. The van der Waals surface area contributed by atoms with Crippen LogP contribution in [0.25, 0.3) is 0 Å². The lowest BCUT2D eigenvalue weighted by Gasteiger charge is -2.20. The molecule has 0 rings (SSSR count). The second kappa shape index (κ2) is 16.0. The second-order valence-electron chi connectivity index (χ2n) is 5.80. The highest BCUT2D eigenvalue weighted by atomic mass is 31.2. The quantitative estimate of drug-likeness (QED) is 0.161. The summed E-state index contributed by atoms with van der Waals surface area (Å²) in [6.45, 7) is 6.27. The number of phosphoric acid groups is 1. The van der Waals surface area contributed by atoms with Gasteiger partial charge in [0, 0.05) is 13.0 Å². The molecule has 0 aromatic carbocycles. The van der Waals surface area contributed by atoms with Gasteiger partial charge in [-0.05, 0) is 6.42 Å². The van der Waals surface area contributed by atoms with E-state index in [2.05, 4.69) is 18.4 Å². The highest BCUT2D eigenvalue weighted by Crippen LogP contribution is 2.43. The Morgan fingerprint density at radius 2 is 1.67 bits per heavy atom. The summed E-state index contributed by atoms with van der Waals surface area (Å²) in [5.74, 6) is -1.09. The van der Waals surface area contributed by atoms with Crippen molar-refractivity contribution in [3.8, 4) is 0 Å². The molecule has 0 radical (unpaired) electrons. The van der Waals surface area contributed by atoms with Crippen LogP contribution >= 0.6 is 7.82 Å². The molecule has 0 saturated heterocycles. The number of ether oxygens (including phenoxy) is 2. The van der Waals surface area contributed by atoms with Crippen molar-refractivity contribution in [1.82, 2.24) is 0 Å². The van der Waals surface area contributed by atoms with Gasteiger partial charge in [-0.15, -0.1) is 0 Å². The number of carbonyl (C=O) groups is 2. The zero-order chi connectivity index (χ0) is 20.5. The van der Waals surface area contributed by atoms with Crippen LogP contribution in [-0.2, 0) is 32.7 Å². The molecule has 0 amide bonds. The number of esters is 2. The normalized spacial score (nSPS) is 14.4. The molecule has 0 bridgehead atoms. The maximum absolute atomic E-state index is 11.9. The average molecular weight is 409 g/mol. The molecular formula is C17H32NO8P-2. The molecule has 27 heavy (non-hydrogen) atoms. The molecule has 160 valence electrons. The van der Waals surface area contributed by atoms with E-state index in [0.29, 0.717) is 6.42 Å². The van der Waals surface area contributed by atoms with Crippen LogP contribution in [0.15, 0.2) is 0 Å². The lowest BCUT2D eigenvalue weighted by molar-refractivity contribution is -0.160. The molecular weight excluding hydrogens is 377 g/mol. The van der Waals surface area contributed by atoms with Gasteiger partial charge in [0.1, 0.15) is 6.61 Å². The van der Waals surface area contributed by atoms with Crippen LogP contribution in [0.1, 0.15) is 51.4 Å². The maximum atomic E-state index is 11.9. The molecule has 0 fully saturated rings. The molecule has 0 aromatic rings. The number of unbranched alkanes of at least 4 members (excludes halogenated alkanes) is 5. The zero-order valence-corrected chi connectivity index (χ0v) is 16.7. The number of hydrogen-bond donors (Lipinski definition) is 2. The first-order chi connectivity index (χ1) is 12.8. The highest BCUT2D eigenvalue weighted by molar-refractivity contribution is 7.47. The predicted octanol–water partition coefficient (Wildman–Crippen LogP) is 2.32. The number of hydrogen-bond acceptors (Lipinski definition) is 8. The fourth-order valence-corrected chi connectivity index (χ4v) is 2.74. The molecule has 0 aromatic heterocycles. The van der Waals surface area contributed by atoms with Crippen molar-refractivity contribution >= 4 is 19.8 Å². The first kappa shape index (κ1) is 26.0. The molecule has 2 atom stereocenters. The fraction of sp³-hybridized carbons (Fsp3) is 0.765. The van der Waals surface area contributed by atoms with Crippen molar-refractivity contribution in [3.63, 3.8) is 0 Å². The van der Waals surface area contributed by atoms with E-state index in [1.54, 1.807) is 0 Å². The minimum atomic E-state index is -4.33. The molecule has 3 N–H and O–H groups in total. The number of carbonyl (C=O) groups excluding carboxylic acids is 2. The minimum Gasteiger partial charge on any atom is -0.464 e. The molecule has 9 nitrogen and oxygen atoms in total. The van der Waals surface area contributed by atoms with E-state index >= 15 is 0 Å². The Kier molecular flexibility index (Phi) is 15.4. The summed E-state index contributed by atoms with van der Waals surface area (Å²) in [6.07, 6.45) is 4.70. The summed E-state index contributed by atoms with van der Waals surface area (Å²) in [7, 11) is -4.33. The SMILES string of the molecule is [CH2-]CCCCCCCC(=O)O[C@H](COC(=O)C[CH2-])COP(=O)(O)OCCN. The number of nitrogens with two attached hydrogens (primary N) is 1. The third-order valence-corrected chi connectivity index (χ3v) is 4.34. The van der Waals surface area contributed by atoms with Crippen LogP contribution in [0.5, 0.6) is 0 Å². The van der Waals surface area contributed by atoms with Gasteiger partial charge in [0.2, 0.25) is 0 Å². The van der Waals surface area contributed by atoms with Crippen LogP contribution in [0.2, 0.25) is 0 Å². The predicted molar refractivity (Wildman–Crippen MR) is 99.3 cm³/mol. The summed E-state index contributed by atoms with van der Waals surface area (Å²) in [6, 6.07) is 0. The van der Waals surface area contributed by atoms with E-state index in [9.17, 15) is 19.0 Å². The fourth-order valence-electron chi connectivity index (χ4n) is 1.98. The summed E-state index contributed by atoms with van der Waals surface area (Å²) < 4.78 is 31.1. The van der Waals surface area contributed by atoms with Crippen molar-refractivity contribution < 1.29 is 37.6 Å². The maximum Gasteiger partial charge on any atom is 0.472 e. The van der Waals surface area contributed by atoms with Crippen molar-refractivity contribution in [1.29, 1.82) is 0 Å². The standard InChI is InChI=1S/C17H32NO8P/c1-3-5-6-7-8-9-10-17(20)26-15(13-23-16(19)4-2)14-25-27(21,22)24-12-11-18/h15H,1-14,18H2,(H,21,22)/q-2/t15-/m1/s1. The Morgan fingerprint density at radius 1 is 1.00 bits per heavy atom. The van der Waals surface area contributed by atoms with Crippen LogP contribution < -0.4 is 5.73 Å². The Bertz CT molecular complexity index is 460. The minimum absolute atomic E-state index is 0.0439. The lowest BCUT2D eigenvalue weighted by Crippen LogP contribution is -2.29. The third-order valence-electron chi connectivity index (χ3n) is 3.36. The van der Waals surface area contributed by atoms with E-state index < -0.39 is 32.5 Å². The number of phosphoric ester groups is 1. The van der Waals surface area contributed by atoms with Gasteiger partial charge in [0.15, 0.2) is 6.10 Å². The smallest absolute Gasteiger partial charge is 0.464 e. The van der Waals surface area contributed by atoms with Crippen LogP contribution in [0, 0.1) is 13.8 Å². The summed E-state index contributed by atoms with van der Waals surface area (Å²) in [5, 5.41) is 0. The van der Waals surface area contributed by atoms with E-state index in [1.807, 2.05) is 0 Å². The highest BCUT2D eigenvalue weighted by Gasteiger charge is 2.25. The van der Waals surface area contributed by atoms with Crippen molar-refractivity contribution in [2.24, 2.45) is 5.73 Å². The zero-order valence-electron chi connectivity index (χ0n) is 15.8. The molecule has 0 spiro atoms. The van der Waals surface area contributed by atoms with Crippen molar-refractivity contribution in [2.75, 3.05) is 26.4 Å². The second-order valence-corrected chi connectivity index (χ2v) is 7.26. The average Bonchev–Trinajstić information content (AvgIpc) is 2.64. The van der Waals surface area contributed by atoms with Gasteiger partial charge in [-0.2, -0.15) is 6.42 Å². The Hall–Kier alpha value is -0.990. The molecule has 0 saturated carbocycles. The van der Waals surface area contributed by atoms with Gasteiger partial charge < -0.3 is 33.9 Å². The van der Waals surface area contributed by atoms with Gasteiger partial charge >= 0.3 is 13.8 Å². The number of rotatable bonds is 17. The van der Waals surface area contributed by atoms with Crippen molar-refractivity contribution in [2.45, 2.75) is 57.5 Å². The van der Waals surface area contributed by atoms with Gasteiger partial charge in [-0.25, -0.2) is 4.57 Å². The van der Waals surface area contributed by atoms with E-state index in [1.165, 1.54) is 0 Å². The van der Waals surface area contributed by atoms with Crippen molar-refractivity contribution in [3.05, 3.63) is 13.8 Å². The largest absolute Gasteiger partial charge is 0.472 e. The van der Waals surface area contributed by atoms with Crippen LogP contribution in [0.3, 0.4) is 0 Å². The van der Waals surface area contributed by atoms with Gasteiger partial charge in [0.05, 0.1) is 13.2 Å². The topological polar surface area (TPSA) is 134 Å². The molecule has 10 heteroatoms. The van der Waals surface area contributed by atoms with Crippen LogP contribution in [-0.4, -0.2) is 49.3 Å². The van der Waals surface area contributed by atoms with E-state index in [0.717, 1.165) is 32.1 Å². The summed E-state index contributed by atoms with van der Waals surface area (Å²) in [5.41, 5.74) is 5.19. The first-order valence-electron chi connectivity index (χ1n) is 9.10. The van der Waals surface area contributed by atoms with Crippen LogP contribution in [0.4, 0.5) is 0 Å². The molecule has 0 heterocycles. The van der Waals surface area contributed by atoms with E-state index in [4.69, 9.17) is 19.7 Å². The molecule has 0 aliphatic heterocycles. The van der Waals surface area contributed by atoms with Gasteiger partial charge in [-0.1, -0.05) is 32.1 Å². The lowest BCUT2D eigenvalue weighted by atomic mass is 10.1. The Balaban J connectivity index is 4.38. The van der Waals surface area contributed by atoms with E-state index in [-0.39, 0.29) is 32.6 Å². The first-order valence-corrected chi connectivity index (χ1v) is 10.6. The Labute approximate surface area is 161 Å². The monoisotopic (exact) mass is 409 g/mol. The molecule has 1 unspecified atom stereocenters. The third kappa shape index (κ3) is 15.7. The summed E-state index contributed by atoms with van der Waals surface area (Å²) >= 11 is 0. The van der Waals surface area contributed by atoms with Gasteiger partial charge in [-0.3, -0.25) is 18.6 Å². The Morgan fingerprint density at radius 3 is 2.30 bits per heavy atom. The van der Waals surface area contributed by atoms with Gasteiger partial charge in [0.25, 0.3) is 5.97 Å². The summed E-state index contributed by atoms with van der Waals surface area (Å²) in [4.78, 5) is 32.7.